The van der Waals surface area contributed by atoms with Crippen molar-refractivity contribution >= 4 is 11.9 Å². The van der Waals surface area contributed by atoms with E-state index in [2.05, 4.69) is 5.32 Å². The van der Waals surface area contributed by atoms with Crippen molar-refractivity contribution < 1.29 is 19.6 Å². The average molecular weight is 303 g/mol. The number of ether oxygens (including phenoxy) is 1. The molecular formula is C17H23N2O3+. The molecule has 2 aliphatic rings. The quantitative estimate of drug-likeness (QED) is 0.826. The van der Waals surface area contributed by atoms with Crippen LogP contribution in [0.4, 0.5) is 0 Å². The van der Waals surface area contributed by atoms with E-state index in [1.807, 2.05) is 35.2 Å². The second kappa shape index (κ2) is 6.48. The van der Waals surface area contributed by atoms with E-state index in [0.717, 1.165) is 31.5 Å². The molecular weight excluding hydrogens is 280 g/mol. The number of esters is 1. The van der Waals surface area contributed by atoms with Gasteiger partial charge in [-0.3, -0.25) is 9.59 Å². The molecule has 2 aliphatic heterocycles. The zero-order chi connectivity index (χ0) is 15.5. The first kappa shape index (κ1) is 15.0. The van der Waals surface area contributed by atoms with E-state index >= 15 is 0 Å². The largest absolute Gasteiger partial charge is 0.469 e. The Bertz CT molecular complexity index is 540. The van der Waals surface area contributed by atoms with Crippen LogP contribution in [0.1, 0.15) is 30.9 Å². The molecule has 2 heterocycles. The van der Waals surface area contributed by atoms with Gasteiger partial charge in [0.05, 0.1) is 7.11 Å². The van der Waals surface area contributed by atoms with E-state index in [4.69, 9.17) is 4.74 Å². The van der Waals surface area contributed by atoms with Gasteiger partial charge < -0.3 is 15.0 Å². The number of carbonyl (C=O) groups is 2. The van der Waals surface area contributed by atoms with Gasteiger partial charge in [-0.2, -0.15) is 0 Å². The molecule has 0 aromatic heterocycles. The van der Waals surface area contributed by atoms with Gasteiger partial charge in [0.25, 0.3) is 5.91 Å². The molecule has 22 heavy (non-hydrogen) atoms. The van der Waals surface area contributed by atoms with Gasteiger partial charge in [0.15, 0.2) is 6.04 Å². The van der Waals surface area contributed by atoms with Crippen LogP contribution in [0, 0.1) is 5.92 Å². The fraction of sp³-hybridized carbons (Fsp3) is 0.529. The Morgan fingerprint density at radius 3 is 2.50 bits per heavy atom. The number of methoxy groups -OCH3 is 1. The highest BCUT2D eigenvalue weighted by Crippen LogP contribution is 2.29. The second-order valence-corrected chi connectivity index (χ2v) is 6.13. The van der Waals surface area contributed by atoms with Crippen molar-refractivity contribution in [2.24, 2.45) is 5.92 Å². The lowest BCUT2D eigenvalue weighted by molar-refractivity contribution is -0.698. The zero-order valence-corrected chi connectivity index (χ0v) is 12.9. The van der Waals surface area contributed by atoms with Crippen molar-refractivity contribution in [2.75, 3.05) is 20.2 Å². The number of nitrogens with zero attached hydrogens (tertiary/aromatic N) is 1. The number of amides is 1. The van der Waals surface area contributed by atoms with E-state index in [9.17, 15) is 9.59 Å². The fourth-order valence-corrected chi connectivity index (χ4v) is 3.65. The van der Waals surface area contributed by atoms with Crippen LogP contribution in [-0.4, -0.2) is 43.0 Å². The first-order valence-electron chi connectivity index (χ1n) is 7.97. The monoisotopic (exact) mass is 303 g/mol. The summed E-state index contributed by atoms with van der Waals surface area (Å²) in [6.45, 7) is 1.70. The molecule has 5 heteroatoms. The molecule has 0 bridgehead atoms. The summed E-state index contributed by atoms with van der Waals surface area (Å²) in [6, 6.07) is 9.70. The summed E-state index contributed by atoms with van der Waals surface area (Å²) in [7, 11) is 1.42. The Hall–Kier alpha value is -1.88. The number of rotatable bonds is 3. The lowest BCUT2D eigenvalue weighted by Gasteiger charge is -2.18. The molecule has 0 unspecified atom stereocenters. The maximum atomic E-state index is 12.6. The highest BCUT2D eigenvalue weighted by atomic mass is 16.5. The SMILES string of the molecule is COC(=O)[C@@H]1C[C@H](C(=O)N2CCCC2)[NH2+][C@@H]1c1ccccc1. The van der Waals surface area contributed by atoms with E-state index < -0.39 is 0 Å². The molecule has 0 saturated carbocycles. The third kappa shape index (κ3) is 2.86. The van der Waals surface area contributed by atoms with Crippen molar-refractivity contribution in [2.45, 2.75) is 31.3 Å². The molecule has 1 amide bonds. The molecule has 1 aromatic carbocycles. The summed E-state index contributed by atoms with van der Waals surface area (Å²) in [5.74, 6) is -0.310. The fourth-order valence-electron chi connectivity index (χ4n) is 3.65. The van der Waals surface area contributed by atoms with Crippen molar-refractivity contribution in [1.82, 2.24) is 4.90 Å². The highest BCUT2D eigenvalue weighted by Gasteiger charge is 2.47. The Balaban J connectivity index is 1.79. The molecule has 2 N–H and O–H groups in total. The van der Waals surface area contributed by atoms with Gasteiger partial charge in [-0.05, 0) is 12.8 Å². The van der Waals surface area contributed by atoms with Gasteiger partial charge >= 0.3 is 5.97 Å². The van der Waals surface area contributed by atoms with E-state index in [-0.39, 0.29) is 29.9 Å². The third-order valence-corrected chi connectivity index (χ3v) is 4.80. The first-order chi connectivity index (χ1) is 10.7. The van der Waals surface area contributed by atoms with Gasteiger partial charge in [-0.25, -0.2) is 0 Å². The topological polar surface area (TPSA) is 63.2 Å². The van der Waals surface area contributed by atoms with Crippen LogP contribution in [0.2, 0.25) is 0 Å². The van der Waals surface area contributed by atoms with Gasteiger partial charge in [0.1, 0.15) is 12.0 Å². The summed E-state index contributed by atoms with van der Waals surface area (Å²) in [5.41, 5.74) is 1.08. The summed E-state index contributed by atoms with van der Waals surface area (Å²) in [4.78, 5) is 26.7. The lowest BCUT2D eigenvalue weighted by Crippen LogP contribution is -2.90. The molecule has 0 aliphatic carbocycles. The average Bonchev–Trinajstić information content (AvgIpc) is 3.24. The molecule has 2 fully saturated rings. The molecule has 2 saturated heterocycles. The molecule has 5 nitrogen and oxygen atoms in total. The van der Waals surface area contributed by atoms with Crippen molar-refractivity contribution in [3.8, 4) is 0 Å². The minimum absolute atomic E-state index is 0.0368. The second-order valence-electron chi connectivity index (χ2n) is 6.13. The van der Waals surface area contributed by atoms with E-state index in [1.165, 1.54) is 7.11 Å². The lowest BCUT2D eigenvalue weighted by atomic mass is 9.93. The Labute approximate surface area is 130 Å². The van der Waals surface area contributed by atoms with Crippen molar-refractivity contribution in [3.05, 3.63) is 35.9 Å². The number of quaternary nitrogens is 1. The predicted molar refractivity (Wildman–Crippen MR) is 80.8 cm³/mol. The summed E-state index contributed by atoms with van der Waals surface area (Å²) in [6.07, 6.45) is 2.73. The summed E-state index contributed by atoms with van der Waals surface area (Å²) < 4.78 is 4.96. The van der Waals surface area contributed by atoms with Crippen LogP contribution in [0.5, 0.6) is 0 Å². The van der Waals surface area contributed by atoms with Gasteiger partial charge in [-0.15, -0.1) is 0 Å². The van der Waals surface area contributed by atoms with Crippen LogP contribution >= 0.6 is 0 Å². The zero-order valence-electron chi connectivity index (χ0n) is 12.9. The Kier molecular flexibility index (Phi) is 4.43. The summed E-state index contributed by atoms with van der Waals surface area (Å²) >= 11 is 0. The number of nitrogens with two attached hydrogens (primary N) is 1. The van der Waals surface area contributed by atoms with Gasteiger partial charge in [-0.1, -0.05) is 30.3 Å². The Morgan fingerprint density at radius 2 is 1.86 bits per heavy atom. The number of hydrogen-bond acceptors (Lipinski definition) is 3. The highest BCUT2D eigenvalue weighted by molar-refractivity contribution is 5.83. The number of carbonyl (C=O) groups excluding carboxylic acids is 2. The van der Waals surface area contributed by atoms with Crippen LogP contribution in [0.3, 0.4) is 0 Å². The van der Waals surface area contributed by atoms with Gasteiger partial charge in [0, 0.05) is 25.1 Å². The molecule has 3 rings (SSSR count). The molecule has 1 aromatic rings. The van der Waals surface area contributed by atoms with E-state index in [1.54, 1.807) is 0 Å². The van der Waals surface area contributed by atoms with Crippen LogP contribution in [-0.2, 0) is 14.3 Å². The molecule has 0 spiro atoms. The Morgan fingerprint density at radius 1 is 1.18 bits per heavy atom. The number of hydrogen-bond donors (Lipinski definition) is 1. The maximum Gasteiger partial charge on any atom is 0.315 e. The minimum atomic E-state index is -0.260. The maximum absolute atomic E-state index is 12.6. The number of benzene rings is 1. The van der Waals surface area contributed by atoms with E-state index in [0.29, 0.717) is 6.42 Å². The van der Waals surface area contributed by atoms with Crippen molar-refractivity contribution in [3.63, 3.8) is 0 Å². The van der Waals surface area contributed by atoms with Gasteiger partial charge in [0.2, 0.25) is 0 Å². The van der Waals surface area contributed by atoms with Crippen LogP contribution < -0.4 is 5.32 Å². The van der Waals surface area contributed by atoms with Crippen LogP contribution in [0.15, 0.2) is 30.3 Å². The molecule has 3 atom stereocenters. The smallest absolute Gasteiger partial charge is 0.315 e. The third-order valence-electron chi connectivity index (χ3n) is 4.80. The van der Waals surface area contributed by atoms with Crippen LogP contribution in [0.25, 0.3) is 0 Å². The standard InChI is InChI=1S/C17H22N2O3/c1-22-17(21)13-11-14(16(20)19-9-5-6-10-19)18-15(13)12-7-3-2-4-8-12/h2-4,7-8,13-15,18H,5-6,9-11H2,1H3/p+1/t13-,14-,15-/m1/s1. The van der Waals surface area contributed by atoms with Crippen molar-refractivity contribution in [1.29, 1.82) is 0 Å². The first-order valence-corrected chi connectivity index (χ1v) is 7.97. The molecule has 0 radical (unpaired) electrons. The predicted octanol–water partition coefficient (Wildman–Crippen LogP) is 0.475. The normalized spacial score (nSPS) is 27.9. The molecule has 118 valence electrons. The minimum Gasteiger partial charge on any atom is -0.469 e. The summed E-state index contributed by atoms with van der Waals surface area (Å²) in [5, 5.41) is 2.05. The number of likely N-dealkylation sites (tertiary alicyclic amines) is 1.